The Morgan fingerprint density at radius 2 is 0.760 bits per heavy atom. The van der Waals surface area contributed by atoms with Crippen molar-refractivity contribution < 1.29 is 0 Å². The van der Waals surface area contributed by atoms with E-state index >= 15 is 0 Å². The molecule has 0 radical (unpaired) electrons. The fourth-order valence-corrected chi connectivity index (χ4v) is 6.86. The predicted octanol–water partition coefficient (Wildman–Crippen LogP) is 11.6. The molecule has 0 atom stereocenters. The van der Waals surface area contributed by atoms with Crippen LogP contribution in [0.4, 0.5) is 0 Å². The summed E-state index contributed by atoms with van der Waals surface area (Å²) in [5.41, 5.74) is 9.66. The van der Waals surface area contributed by atoms with Crippen LogP contribution in [-0.4, -0.2) is 19.9 Å². The first-order valence-corrected chi connectivity index (χ1v) is 16.7. The van der Waals surface area contributed by atoms with E-state index in [1.165, 1.54) is 38.2 Å². The van der Waals surface area contributed by atoms with Crippen molar-refractivity contribution in [2.24, 2.45) is 0 Å². The SMILES string of the molecule is c1ccc(-c2nc(-c3ccccc3)nc(-c3cccc(-c4ccc5c(c4)c(-c4cccnc4)c(-c4ccccc4)c4ccccc45)c3)n2)cc1. The average Bonchev–Trinajstić information content (AvgIpc) is 3.21. The molecule has 0 fully saturated rings. The van der Waals surface area contributed by atoms with Crippen molar-refractivity contribution in [1.29, 1.82) is 0 Å². The van der Waals surface area contributed by atoms with Crippen molar-refractivity contribution in [1.82, 2.24) is 19.9 Å². The Morgan fingerprint density at radius 3 is 1.40 bits per heavy atom. The smallest absolute Gasteiger partial charge is 0.164 e. The number of nitrogens with zero attached hydrogens (tertiary/aromatic N) is 4. The maximum atomic E-state index is 4.99. The maximum Gasteiger partial charge on any atom is 0.164 e. The summed E-state index contributed by atoms with van der Waals surface area (Å²) in [6.07, 6.45) is 3.80. The van der Waals surface area contributed by atoms with Gasteiger partial charge in [0, 0.05) is 34.6 Å². The van der Waals surface area contributed by atoms with Gasteiger partial charge in [-0.05, 0) is 67.6 Å². The second kappa shape index (κ2) is 12.7. The Balaban J connectivity index is 1.25. The summed E-state index contributed by atoms with van der Waals surface area (Å²) in [7, 11) is 0. The molecule has 0 bridgehead atoms. The van der Waals surface area contributed by atoms with Crippen molar-refractivity contribution in [2.45, 2.75) is 0 Å². The van der Waals surface area contributed by atoms with Crippen LogP contribution < -0.4 is 0 Å². The quantitative estimate of drug-likeness (QED) is 0.170. The van der Waals surface area contributed by atoms with Gasteiger partial charge in [-0.25, -0.2) is 15.0 Å². The third-order valence-electron chi connectivity index (χ3n) is 9.19. The zero-order chi connectivity index (χ0) is 33.3. The molecule has 9 rings (SSSR count). The lowest BCUT2D eigenvalue weighted by Gasteiger charge is -2.19. The van der Waals surface area contributed by atoms with Gasteiger partial charge in [-0.1, -0.05) is 152 Å². The summed E-state index contributed by atoms with van der Waals surface area (Å²) in [5, 5.41) is 4.83. The average molecular weight is 639 g/mol. The highest BCUT2D eigenvalue weighted by Crippen LogP contribution is 2.45. The minimum atomic E-state index is 0.633. The molecule has 0 N–H and O–H groups in total. The van der Waals surface area contributed by atoms with Crippen LogP contribution in [0.3, 0.4) is 0 Å². The van der Waals surface area contributed by atoms with Crippen LogP contribution in [0, 0.1) is 0 Å². The molecule has 0 aliphatic rings. The van der Waals surface area contributed by atoms with Crippen LogP contribution in [0.1, 0.15) is 0 Å². The van der Waals surface area contributed by atoms with Gasteiger partial charge in [-0.3, -0.25) is 4.98 Å². The van der Waals surface area contributed by atoms with E-state index in [0.717, 1.165) is 33.4 Å². The fourth-order valence-electron chi connectivity index (χ4n) is 6.86. The first-order valence-electron chi connectivity index (χ1n) is 16.7. The Labute approximate surface area is 290 Å². The van der Waals surface area contributed by atoms with E-state index < -0.39 is 0 Å². The van der Waals surface area contributed by atoms with E-state index in [1.54, 1.807) is 0 Å². The zero-order valence-corrected chi connectivity index (χ0v) is 27.1. The molecule has 0 saturated carbocycles. The molecule has 0 aliphatic carbocycles. The Kier molecular flexibility index (Phi) is 7.45. The van der Waals surface area contributed by atoms with Gasteiger partial charge in [-0.2, -0.15) is 0 Å². The second-order valence-electron chi connectivity index (χ2n) is 12.3. The zero-order valence-electron chi connectivity index (χ0n) is 27.1. The summed E-state index contributed by atoms with van der Waals surface area (Å²) in [6, 6.07) is 59.0. The Hall–Kier alpha value is -6.78. The standard InChI is InChI=1S/C46H30N4/c1-4-14-31(15-5-1)42-40-24-11-10-23-38(40)39-26-25-35(29-41(39)43(42)37-22-13-27-47-30-37)34-20-12-21-36(28-34)46-49-44(32-16-6-2-7-17-32)48-45(50-46)33-18-8-3-9-19-33/h1-30H. The number of pyridine rings is 1. The molecule has 0 aliphatic heterocycles. The van der Waals surface area contributed by atoms with Crippen molar-refractivity contribution in [2.75, 3.05) is 0 Å². The minimum absolute atomic E-state index is 0.633. The highest BCUT2D eigenvalue weighted by Gasteiger charge is 2.19. The van der Waals surface area contributed by atoms with Gasteiger partial charge in [0.2, 0.25) is 0 Å². The van der Waals surface area contributed by atoms with Crippen LogP contribution in [0.5, 0.6) is 0 Å². The van der Waals surface area contributed by atoms with Gasteiger partial charge in [0.25, 0.3) is 0 Å². The molecule has 0 unspecified atom stereocenters. The Bertz CT molecular complexity index is 2560. The molecule has 4 nitrogen and oxygen atoms in total. The molecule has 2 aromatic heterocycles. The lowest BCUT2D eigenvalue weighted by molar-refractivity contribution is 1.07. The van der Waals surface area contributed by atoms with Crippen molar-refractivity contribution in [3.8, 4) is 67.5 Å². The lowest BCUT2D eigenvalue weighted by Crippen LogP contribution is -2.00. The molecular formula is C46H30N4. The summed E-state index contributed by atoms with van der Waals surface area (Å²) >= 11 is 0. The highest BCUT2D eigenvalue weighted by molar-refractivity contribution is 6.22. The maximum absolute atomic E-state index is 4.99. The van der Waals surface area contributed by atoms with Gasteiger partial charge in [0.15, 0.2) is 17.5 Å². The third-order valence-corrected chi connectivity index (χ3v) is 9.19. The predicted molar refractivity (Wildman–Crippen MR) is 205 cm³/mol. The molecule has 234 valence electrons. The van der Waals surface area contributed by atoms with E-state index in [-0.39, 0.29) is 0 Å². The molecule has 50 heavy (non-hydrogen) atoms. The molecule has 0 saturated heterocycles. The van der Waals surface area contributed by atoms with Crippen LogP contribution >= 0.6 is 0 Å². The number of aromatic nitrogens is 4. The first kappa shape index (κ1) is 29.4. The largest absolute Gasteiger partial charge is 0.264 e. The summed E-state index contributed by atoms with van der Waals surface area (Å²) in [5.74, 6) is 1.92. The van der Waals surface area contributed by atoms with E-state index in [9.17, 15) is 0 Å². The summed E-state index contributed by atoms with van der Waals surface area (Å²) < 4.78 is 0. The van der Waals surface area contributed by atoms with Crippen LogP contribution in [0.25, 0.3) is 89.1 Å². The van der Waals surface area contributed by atoms with Crippen molar-refractivity contribution in [3.63, 3.8) is 0 Å². The monoisotopic (exact) mass is 638 g/mol. The summed E-state index contributed by atoms with van der Waals surface area (Å²) in [4.78, 5) is 19.4. The van der Waals surface area contributed by atoms with E-state index in [0.29, 0.717) is 17.5 Å². The molecule has 0 amide bonds. The number of hydrogen-bond acceptors (Lipinski definition) is 4. The Morgan fingerprint density at radius 1 is 0.280 bits per heavy atom. The van der Waals surface area contributed by atoms with Gasteiger partial charge in [0.05, 0.1) is 0 Å². The topological polar surface area (TPSA) is 51.6 Å². The van der Waals surface area contributed by atoms with Crippen molar-refractivity contribution in [3.05, 3.63) is 182 Å². The normalized spacial score (nSPS) is 11.2. The highest BCUT2D eigenvalue weighted by atomic mass is 15.0. The van der Waals surface area contributed by atoms with Gasteiger partial charge in [0.1, 0.15) is 0 Å². The van der Waals surface area contributed by atoms with Gasteiger partial charge >= 0.3 is 0 Å². The van der Waals surface area contributed by atoms with E-state index in [4.69, 9.17) is 15.0 Å². The van der Waals surface area contributed by atoms with Gasteiger partial charge < -0.3 is 0 Å². The molecular weight excluding hydrogens is 609 g/mol. The number of benzene rings is 7. The molecule has 7 aromatic carbocycles. The molecule has 0 spiro atoms. The third kappa shape index (κ3) is 5.39. The van der Waals surface area contributed by atoms with E-state index in [2.05, 4.69) is 108 Å². The second-order valence-corrected chi connectivity index (χ2v) is 12.3. The molecule has 4 heteroatoms. The molecule has 9 aromatic rings. The van der Waals surface area contributed by atoms with Crippen LogP contribution in [-0.2, 0) is 0 Å². The lowest BCUT2D eigenvalue weighted by atomic mass is 9.84. The number of hydrogen-bond donors (Lipinski definition) is 0. The fraction of sp³-hybridized carbons (Fsp3) is 0. The van der Waals surface area contributed by atoms with Crippen molar-refractivity contribution >= 4 is 21.5 Å². The molecule has 2 heterocycles. The minimum Gasteiger partial charge on any atom is -0.264 e. The number of fused-ring (bicyclic) bond motifs is 3. The van der Waals surface area contributed by atoms with Crippen LogP contribution in [0.15, 0.2) is 182 Å². The van der Waals surface area contributed by atoms with E-state index in [1.807, 2.05) is 79.1 Å². The first-order chi connectivity index (χ1) is 24.8. The number of rotatable bonds is 6. The van der Waals surface area contributed by atoms with Gasteiger partial charge in [-0.15, -0.1) is 0 Å². The summed E-state index contributed by atoms with van der Waals surface area (Å²) in [6.45, 7) is 0. The van der Waals surface area contributed by atoms with Crippen LogP contribution in [0.2, 0.25) is 0 Å².